The number of amides is 1. The van der Waals surface area contributed by atoms with Crippen LogP contribution in [-0.4, -0.2) is 30.4 Å². The molecule has 3 aliphatic rings. The van der Waals surface area contributed by atoms with Crippen molar-refractivity contribution in [2.45, 2.75) is 44.9 Å². The standard InChI is InChI=1S/C23H26N2O2/c26-23-20(15-18-14-17-5-1-2-6-22(17)27-18)19-13-16(7-8-21(19)24-23)9-12-25-10-3-4-11-25/h7-8,13-15H,1-6,9-12H2,(H,24,26). The van der Waals surface area contributed by atoms with E-state index in [9.17, 15) is 4.79 Å². The van der Waals surface area contributed by atoms with Crippen LogP contribution >= 0.6 is 0 Å². The van der Waals surface area contributed by atoms with Crippen molar-refractivity contribution in [2.75, 3.05) is 25.0 Å². The summed E-state index contributed by atoms with van der Waals surface area (Å²) in [7, 11) is 0. The van der Waals surface area contributed by atoms with Gasteiger partial charge in [0, 0.05) is 24.2 Å². The van der Waals surface area contributed by atoms with Crippen LogP contribution in [-0.2, 0) is 24.1 Å². The average molecular weight is 362 g/mol. The Kier molecular flexibility index (Phi) is 4.36. The molecule has 4 heteroatoms. The third-order valence-corrected chi connectivity index (χ3v) is 6.08. The highest BCUT2D eigenvalue weighted by molar-refractivity contribution is 6.34. The maximum Gasteiger partial charge on any atom is 0.256 e. The summed E-state index contributed by atoms with van der Waals surface area (Å²) in [4.78, 5) is 15.1. The van der Waals surface area contributed by atoms with Crippen LogP contribution in [0, 0.1) is 0 Å². The molecule has 0 saturated carbocycles. The summed E-state index contributed by atoms with van der Waals surface area (Å²) >= 11 is 0. The first kappa shape index (κ1) is 16.8. The highest BCUT2D eigenvalue weighted by Gasteiger charge is 2.25. The molecule has 1 saturated heterocycles. The minimum Gasteiger partial charge on any atom is -0.461 e. The lowest BCUT2D eigenvalue weighted by atomic mass is 9.98. The van der Waals surface area contributed by atoms with Gasteiger partial charge in [-0.3, -0.25) is 4.79 Å². The number of aryl methyl sites for hydroxylation is 2. The lowest BCUT2D eigenvalue weighted by Gasteiger charge is -2.14. The summed E-state index contributed by atoms with van der Waals surface area (Å²) in [5.74, 6) is 1.88. The Morgan fingerprint density at radius 3 is 2.78 bits per heavy atom. The van der Waals surface area contributed by atoms with E-state index in [0.717, 1.165) is 54.2 Å². The van der Waals surface area contributed by atoms with Crippen LogP contribution in [0.15, 0.2) is 28.7 Å². The molecule has 1 aliphatic carbocycles. The number of nitrogens with one attached hydrogen (secondary N) is 1. The summed E-state index contributed by atoms with van der Waals surface area (Å²) in [5.41, 5.74) is 5.24. The molecule has 1 N–H and O–H groups in total. The van der Waals surface area contributed by atoms with E-state index in [2.05, 4.69) is 28.4 Å². The van der Waals surface area contributed by atoms with Crippen molar-refractivity contribution in [2.24, 2.45) is 0 Å². The quantitative estimate of drug-likeness (QED) is 0.826. The van der Waals surface area contributed by atoms with Gasteiger partial charge < -0.3 is 14.6 Å². The van der Waals surface area contributed by atoms with E-state index in [1.165, 1.54) is 49.9 Å². The van der Waals surface area contributed by atoms with Gasteiger partial charge in [0.25, 0.3) is 5.91 Å². The minimum absolute atomic E-state index is 0.0314. The van der Waals surface area contributed by atoms with Crippen molar-refractivity contribution in [1.29, 1.82) is 0 Å². The van der Waals surface area contributed by atoms with Crippen LogP contribution < -0.4 is 5.32 Å². The van der Waals surface area contributed by atoms with Gasteiger partial charge in [0.05, 0.1) is 5.57 Å². The van der Waals surface area contributed by atoms with Crippen molar-refractivity contribution in [1.82, 2.24) is 4.90 Å². The molecule has 0 unspecified atom stereocenters. The number of rotatable bonds is 4. The van der Waals surface area contributed by atoms with Crippen molar-refractivity contribution in [3.05, 3.63) is 52.5 Å². The van der Waals surface area contributed by atoms with Gasteiger partial charge in [-0.05, 0) is 87.0 Å². The molecule has 1 amide bonds. The number of carbonyl (C=O) groups is 1. The summed E-state index contributed by atoms with van der Waals surface area (Å²) in [6.07, 6.45) is 10.1. The molecule has 1 aromatic carbocycles. The van der Waals surface area contributed by atoms with Gasteiger partial charge in [0.15, 0.2) is 0 Å². The Morgan fingerprint density at radius 1 is 1.07 bits per heavy atom. The Balaban J connectivity index is 1.40. The van der Waals surface area contributed by atoms with E-state index in [-0.39, 0.29) is 5.91 Å². The normalized spacial score (nSPS) is 20.7. The molecule has 1 aromatic heterocycles. The molecule has 27 heavy (non-hydrogen) atoms. The third kappa shape index (κ3) is 3.34. The molecule has 5 rings (SSSR count). The monoisotopic (exact) mass is 362 g/mol. The third-order valence-electron chi connectivity index (χ3n) is 6.08. The highest BCUT2D eigenvalue weighted by atomic mass is 16.3. The average Bonchev–Trinajstić information content (AvgIpc) is 3.39. The van der Waals surface area contributed by atoms with Gasteiger partial charge in [-0.15, -0.1) is 0 Å². The van der Waals surface area contributed by atoms with Gasteiger partial charge in [0.2, 0.25) is 0 Å². The number of carbonyl (C=O) groups excluding carboxylic acids is 1. The number of fused-ring (bicyclic) bond motifs is 2. The second kappa shape index (κ2) is 7.01. The van der Waals surface area contributed by atoms with Crippen LogP contribution in [0.25, 0.3) is 11.6 Å². The molecule has 1 fully saturated rings. The summed E-state index contributed by atoms with van der Waals surface area (Å²) in [6, 6.07) is 8.48. The van der Waals surface area contributed by atoms with Crippen LogP contribution in [0.5, 0.6) is 0 Å². The van der Waals surface area contributed by atoms with Crippen molar-refractivity contribution in [3.8, 4) is 0 Å². The molecular weight excluding hydrogens is 336 g/mol. The fourth-order valence-corrected chi connectivity index (χ4v) is 4.55. The second-order valence-electron chi connectivity index (χ2n) is 8.00. The number of hydrogen-bond acceptors (Lipinski definition) is 3. The van der Waals surface area contributed by atoms with Crippen LogP contribution in [0.2, 0.25) is 0 Å². The lowest BCUT2D eigenvalue weighted by molar-refractivity contribution is -0.110. The first-order valence-electron chi connectivity index (χ1n) is 10.3. The summed E-state index contributed by atoms with van der Waals surface area (Å²) in [5, 5.41) is 2.99. The number of hydrogen-bond donors (Lipinski definition) is 1. The van der Waals surface area contributed by atoms with Crippen LogP contribution in [0.4, 0.5) is 5.69 Å². The van der Waals surface area contributed by atoms with E-state index in [1.54, 1.807) is 0 Å². The molecule has 0 bridgehead atoms. The van der Waals surface area contributed by atoms with E-state index in [1.807, 2.05) is 12.1 Å². The number of furan rings is 1. The fraction of sp³-hybridized carbons (Fsp3) is 0.435. The largest absolute Gasteiger partial charge is 0.461 e. The first-order valence-corrected chi connectivity index (χ1v) is 10.3. The van der Waals surface area contributed by atoms with Gasteiger partial charge >= 0.3 is 0 Å². The molecule has 140 valence electrons. The molecule has 4 nitrogen and oxygen atoms in total. The maximum absolute atomic E-state index is 12.5. The van der Waals surface area contributed by atoms with E-state index < -0.39 is 0 Å². The van der Waals surface area contributed by atoms with E-state index >= 15 is 0 Å². The van der Waals surface area contributed by atoms with Gasteiger partial charge in [-0.1, -0.05) is 6.07 Å². The number of anilines is 1. The molecule has 2 aliphatic heterocycles. The summed E-state index contributed by atoms with van der Waals surface area (Å²) in [6.45, 7) is 3.54. The fourth-order valence-electron chi connectivity index (χ4n) is 4.55. The second-order valence-corrected chi connectivity index (χ2v) is 8.00. The maximum atomic E-state index is 12.5. The predicted molar refractivity (Wildman–Crippen MR) is 108 cm³/mol. The molecular formula is C23H26N2O2. The van der Waals surface area contributed by atoms with Gasteiger partial charge in [-0.2, -0.15) is 0 Å². The Bertz CT molecular complexity index is 880. The van der Waals surface area contributed by atoms with Crippen molar-refractivity contribution in [3.63, 3.8) is 0 Å². The number of benzene rings is 1. The topological polar surface area (TPSA) is 45.5 Å². The van der Waals surface area contributed by atoms with E-state index in [4.69, 9.17) is 4.42 Å². The zero-order valence-electron chi connectivity index (χ0n) is 15.7. The molecule has 3 heterocycles. The first-order chi connectivity index (χ1) is 13.3. The van der Waals surface area contributed by atoms with E-state index in [0.29, 0.717) is 0 Å². The van der Waals surface area contributed by atoms with Crippen molar-refractivity contribution < 1.29 is 9.21 Å². The SMILES string of the molecule is O=C1Nc2ccc(CCN3CCCC3)cc2C1=Cc1cc2c(o1)CCCC2. The summed E-state index contributed by atoms with van der Waals surface area (Å²) < 4.78 is 6.01. The zero-order valence-corrected chi connectivity index (χ0v) is 15.7. The highest BCUT2D eigenvalue weighted by Crippen LogP contribution is 2.35. The number of likely N-dealkylation sites (tertiary alicyclic amines) is 1. The van der Waals surface area contributed by atoms with Crippen LogP contribution in [0.3, 0.4) is 0 Å². The predicted octanol–water partition coefficient (Wildman–Crippen LogP) is 4.29. The zero-order chi connectivity index (χ0) is 18.2. The Labute approximate surface area is 160 Å². The van der Waals surface area contributed by atoms with Gasteiger partial charge in [0.1, 0.15) is 11.5 Å². The Morgan fingerprint density at radius 2 is 1.93 bits per heavy atom. The smallest absolute Gasteiger partial charge is 0.256 e. The van der Waals surface area contributed by atoms with Gasteiger partial charge in [-0.25, -0.2) is 0 Å². The van der Waals surface area contributed by atoms with Crippen molar-refractivity contribution >= 4 is 23.2 Å². The molecule has 2 aromatic rings. The molecule has 0 spiro atoms. The number of nitrogens with zero attached hydrogens (tertiary/aromatic N) is 1. The van der Waals surface area contributed by atoms with Crippen LogP contribution in [0.1, 0.15) is 53.9 Å². The minimum atomic E-state index is -0.0314. The Hall–Kier alpha value is -2.33. The molecule has 0 atom stereocenters. The lowest BCUT2D eigenvalue weighted by Crippen LogP contribution is -2.21. The molecule has 0 radical (unpaired) electrons.